The van der Waals surface area contributed by atoms with Crippen molar-refractivity contribution in [1.82, 2.24) is 4.98 Å². The third-order valence-corrected chi connectivity index (χ3v) is 5.35. The molecule has 0 aliphatic carbocycles. The fraction of sp³-hybridized carbons (Fsp3) is 0.0833. The van der Waals surface area contributed by atoms with Crippen LogP contribution < -0.4 is 15.2 Å². The maximum absolute atomic E-state index is 10.9. The lowest BCUT2D eigenvalue weighted by Gasteiger charge is -2.10. The number of carbonyl (C=O) groups is 1. The Morgan fingerprint density at radius 2 is 1.35 bits per heavy atom. The minimum Gasteiger partial charge on any atom is -0.480 e. The number of rotatable bonds is 8. The molecule has 1 atom stereocenters. The molecule has 0 spiro atoms. The summed E-state index contributed by atoms with van der Waals surface area (Å²) in [5.41, 5.74) is 7.46. The number of carboxylic acids is 1. The summed E-state index contributed by atoms with van der Waals surface area (Å²) in [5.74, 6) is 1.75. The Bertz CT molecular complexity index is 1130. The van der Waals surface area contributed by atoms with E-state index in [4.69, 9.17) is 20.3 Å². The van der Waals surface area contributed by atoms with Crippen LogP contribution in [0.2, 0.25) is 0 Å². The van der Waals surface area contributed by atoms with E-state index < -0.39 is 12.0 Å². The van der Waals surface area contributed by atoms with Crippen molar-refractivity contribution < 1.29 is 19.4 Å². The summed E-state index contributed by atoms with van der Waals surface area (Å²) in [6.45, 7) is 0. The average molecular weight is 433 g/mol. The normalized spacial score (nSPS) is 11.6. The monoisotopic (exact) mass is 432 g/mol. The van der Waals surface area contributed by atoms with Crippen molar-refractivity contribution in [3.63, 3.8) is 0 Å². The van der Waals surface area contributed by atoms with Crippen molar-refractivity contribution in [2.24, 2.45) is 5.73 Å². The maximum Gasteiger partial charge on any atom is 0.320 e. The molecule has 156 valence electrons. The second-order valence-corrected chi connectivity index (χ2v) is 7.72. The fourth-order valence-electron chi connectivity index (χ4n) is 2.91. The minimum atomic E-state index is -1.02. The van der Waals surface area contributed by atoms with Gasteiger partial charge in [0.1, 0.15) is 34.0 Å². The van der Waals surface area contributed by atoms with Crippen molar-refractivity contribution in [3.05, 3.63) is 89.9 Å². The van der Waals surface area contributed by atoms with Crippen molar-refractivity contribution >= 4 is 17.3 Å². The van der Waals surface area contributed by atoms with E-state index in [-0.39, 0.29) is 6.42 Å². The van der Waals surface area contributed by atoms with Crippen LogP contribution in [0, 0.1) is 0 Å². The molecule has 0 radical (unpaired) electrons. The van der Waals surface area contributed by atoms with Crippen LogP contribution in [0.5, 0.6) is 23.0 Å². The summed E-state index contributed by atoms with van der Waals surface area (Å²) in [5, 5.41) is 11.8. The summed E-state index contributed by atoms with van der Waals surface area (Å²) in [4.78, 5) is 15.2. The SMILES string of the molecule is NC(Cc1ccc(Oc2ccc(Oc3ccc(-c4nccs4)cc3)cc2)cc1)C(=O)O. The fourth-order valence-corrected chi connectivity index (χ4v) is 3.56. The van der Waals surface area contributed by atoms with Gasteiger partial charge < -0.3 is 20.3 Å². The third-order valence-electron chi connectivity index (χ3n) is 4.52. The van der Waals surface area contributed by atoms with E-state index in [0.29, 0.717) is 17.2 Å². The summed E-state index contributed by atoms with van der Waals surface area (Å²) in [7, 11) is 0. The van der Waals surface area contributed by atoms with Gasteiger partial charge in [0.15, 0.2) is 0 Å². The number of hydrogen-bond donors (Lipinski definition) is 2. The maximum atomic E-state index is 10.9. The first kappa shape index (κ1) is 20.6. The Hall–Kier alpha value is -3.68. The van der Waals surface area contributed by atoms with Gasteiger partial charge in [0.05, 0.1) is 0 Å². The first-order valence-electron chi connectivity index (χ1n) is 9.60. The molecule has 4 rings (SSSR count). The second kappa shape index (κ2) is 9.42. The molecule has 0 bridgehead atoms. The molecule has 3 aromatic carbocycles. The Labute approximate surface area is 183 Å². The zero-order chi connectivity index (χ0) is 21.6. The lowest BCUT2D eigenvalue weighted by Crippen LogP contribution is -2.32. The molecular weight excluding hydrogens is 412 g/mol. The highest BCUT2D eigenvalue weighted by Crippen LogP contribution is 2.29. The zero-order valence-electron chi connectivity index (χ0n) is 16.5. The van der Waals surface area contributed by atoms with Crippen LogP contribution in [0.1, 0.15) is 5.56 Å². The van der Waals surface area contributed by atoms with Crippen molar-refractivity contribution in [2.75, 3.05) is 0 Å². The molecule has 0 saturated heterocycles. The molecule has 3 N–H and O–H groups in total. The Morgan fingerprint density at radius 3 is 1.81 bits per heavy atom. The van der Waals surface area contributed by atoms with Gasteiger partial charge in [0, 0.05) is 17.1 Å². The molecule has 0 aliphatic rings. The van der Waals surface area contributed by atoms with Crippen molar-refractivity contribution in [1.29, 1.82) is 0 Å². The van der Waals surface area contributed by atoms with Gasteiger partial charge in [-0.1, -0.05) is 12.1 Å². The molecule has 0 fully saturated rings. The molecule has 1 aromatic heterocycles. The summed E-state index contributed by atoms with van der Waals surface area (Å²) in [6.07, 6.45) is 2.06. The molecule has 31 heavy (non-hydrogen) atoms. The number of hydrogen-bond acceptors (Lipinski definition) is 6. The quantitative estimate of drug-likeness (QED) is 0.390. The minimum absolute atomic E-state index is 0.270. The highest BCUT2D eigenvalue weighted by Gasteiger charge is 2.12. The van der Waals surface area contributed by atoms with Crippen LogP contribution >= 0.6 is 11.3 Å². The first-order chi connectivity index (χ1) is 15.1. The number of ether oxygens (including phenoxy) is 2. The number of nitrogens with two attached hydrogens (primary N) is 1. The molecule has 7 heteroatoms. The van der Waals surface area contributed by atoms with Crippen LogP contribution in [0.3, 0.4) is 0 Å². The van der Waals surface area contributed by atoms with Gasteiger partial charge in [0.2, 0.25) is 0 Å². The molecule has 1 heterocycles. The molecule has 0 saturated carbocycles. The predicted molar refractivity (Wildman–Crippen MR) is 120 cm³/mol. The summed E-state index contributed by atoms with van der Waals surface area (Å²) in [6, 6.07) is 21.4. The standard InChI is InChI=1S/C24H20N2O4S/c25-22(24(27)28)15-16-1-5-18(6-2-16)29-20-9-11-21(12-10-20)30-19-7-3-17(4-8-19)23-26-13-14-31-23/h1-14,22H,15,25H2,(H,27,28). The summed E-state index contributed by atoms with van der Waals surface area (Å²) < 4.78 is 11.7. The Balaban J connectivity index is 1.34. The zero-order valence-corrected chi connectivity index (χ0v) is 17.3. The number of thiazole rings is 1. The van der Waals surface area contributed by atoms with Crippen molar-refractivity contribution in [3.8, 4) is 33.6 Å². The van der Waals surface area contributed by atoms with Crippen LogP contribution in [-0.2, 0) is 11.2 Å². The number of nitrogens with zero attached hydrogens (tertiary/aromatic N) is 1. The van der Waals surface area contributed by atoms with E-state index in [2.05, 4.69) is 4.98 Å². The molecule has 1 unspecified atom stereocenters. The van der Waals surface area contributed by atoms with Crippen LogP contribution in [-0.4, -0.2) is 22.1 Å². The number of aliphatic carboxylic acids is 1. The topological polar surface area (TPSA) is 94.7 Å². The lowest BCUT2D eigenvalue weighted by atomic mass is 10.1. The van der Waals surface area contributed by atoms with Gasteiger partial charge in [-0.05, 0) is 72.6 Å². The Kier molecular flexibility index (Phi) is 6.26. The van der Waals surface area contributed by atoms with Crippen molar-refractivity contribution in [2.45, 2.75) is 12.5 Å². The smallest absolute Gasteiger partial charge is 0.320 e. The molecule has 0 amide bonds. The second-order valence-electron chi connectivity index (χ2n) is 6.83. The van der Waals surface area contributed by atoms with Gasteiger partial charge in [-0.25, -0.2) is 4.98 Å². The average Bonchev–Trinajstić information content (AvgIpc) is 3.32. The third kappa shape index (κ3) is 5.48. The van der Waals surface area contributed by atoms with Gasteiger partial charge in [-0.2, -0.15) is 0 Å². The highest BCUT2D eigenvalue weighted by molar-refractivity contribution is 7.13. The van der Waals surface area contributed by atoms with Gasteiger partial charge >= 0.3 is 5.97 Å². The van der Waals surface area contributed by atoms with E-state index in [0.717, 1.165) is 21.9 Å². The predicted octanol–water partition coefficient (Wildman–Crippen LogP) is 5.35. The Morgan fingerprint density at radius 1 is 0.871 bits per heavy atom. The summed E-state index contributed by atoms with van der Waals surface area (Å²) >= 11 is 1.60. The highest BCUT2D eigenvalue weighted by atomic mass is 32.1. The molecule has 4 aromatic rings. The molecular formula is C24H20N2O4S. The molecule has 6 nitrogen and oxygen atoms in total. The van der Waals surface area contributed by atoms with E-state index >= 15 is 0 Å². The van der Waals surface area contributed by atoms with Crippen LogP contribution in [0.15, 0.2) is 84.4 Å². The number of carboxylic acid groups (broad SMARTS) is 1. The number of benzene rings is 3. The van der Waals surface area contributed by atoms with Crippen LogP contribution in [0.4, 0.5) is 0 Å². The first-order valence-corrected chi connectivity index (χ1v) is 10.5. The van der Waals surface area contributed by atoms with Gasteiger partial charge in [-0.3, -0.25) is 4.79 Å². The molecule has 0 aliphatic heterocycles. The van der Waals surface area contributed by atoms with Crippen LogP contribution in [0.25, 0.3) is 10.6 Å². The van der Waals surface area contributed by atoms with E-state index in [1.54, 1.807) is 29.7 Å². The van der Waals surface area contributed by atoms with E-state index in [9.17, 15) is 4.79 Å². The largest absolute Gasteiger partial charge is 0.480 e. The van der Waals surface area contributed by atoms with Gasteiger partial charge in [0.25, 0.3) is 0 Å². The lowest BCUT2D eigenvalue weighted by molar-refractivity contribution is -0.138. The number of aromatic nitrogens is 1. The van der Waals surface area contributed by atoms with E-state index in [1.807, 2.05) is 66.0 Å². The van der Waals surface area contributed by atoms with E-state index in [1.165, 1.54) is 0 Å². The van der Waals surface area contributed by atoms with Gasteiger partial charge in [-0.15, -0.1) is 11.3 Å².